The Kier molecular flexibility index (Phi) is 5.27. The highest BCUT2D eigenvalue weighted by molar-refractivity contribution is 7.90. The van der Waals surface area contributed by atoms with E-state index in [4.69, 9.17) is 0 Å². The van der Waals surface area contributed by atoms with Crippen molar-refractivity contribution >= 4 is 27.3 Å². The van der Waals surface area contributed by atoms with Gasteiger partial charge in [-0.05, 0) is 36.4 Å². The number of carbonyl (C=O) groups excluding carboxylic acids is 2. The fraction of sp³-hybridized carbons (Fsp3) is 0.316. The molecule has 0 aliphatic carbocycles. The van der Waals surface area contributed by atoms with Gasteiger partial charge < -0.3 is 9.80 Å². The van der Waals surface area contributed by atoms with E-state index >= 15 is 0 Å². The molecule has 27 heavy (non-hydrogen) atoms. The number of benzene rings is 1. The van der Waals surface area contributed by atoms with Crippen LogP contribution in [-0.4, -0.2) is 50.0 Å². The summed E-state index contributed by atoms with van der Waals surface area (Å²) in [5.41, 5.74) is 1.37. The monoisotopic (exact) mass is 387 g/mol. The lowest BCUT2D eigenvalue weighted by Gasteiger charge is -2.21. The Morgan fingerprint density at radius 1 is 1.22 bits per heavy atom. The number of aromatic nitrogens is 1. The smallest absolute Gasteiger partial charge is 0.232 e. The summed E-state index contributed by atoms with van der Waals surface area (Å²) in [6, 6.07) is 11.7. The third-order valence-corrected chi connectivity index (χ3v) is 5.75. The van der Waals surface area contributed by atoms with Gasteiger partial charge in [-0.25, -0.2) is 8.42 Å². The zero-order chi connectivity index (χ0) is 19.6. The lowest BCUT2D eigenvalue weighted by atomic mass is 10.1. The molecule has 1 atom stereocenters. The van der Waals surface area contributed by atoms with Crippen LogP contribution in [-0.2, 0) is 26.0 Å². The second-order valence-electron chi connectivity index (χ2n) is 6.66. The molecule has 1 fully saturated rings. The van der Waals surface area contributed by atoms with Crippen molar-refractivity contribution < 1.29 is 18.0 Å². The van der Waals surface area contributed by atoms with E-state index in [1.807, 2.05) is 18.2 Å². The zero-order valence-electron chi connectivity index (χ0n) is 15.2. The maximum Gasteiger partial charge on any atom is 0.232 e. The molecule has 2 amide bonds. The Balaban J connectivity index is 1.68. The normalized spacial score (nSPS) is 17.2. The first-order valence-corrected chi connectivity index (χ1v) is 10.4. The van der Waals surface area contributed by atoms with Crippen LogP contribution in [0.15, 0.2) is 53.6 Å². The maximum absolute atomic E-state index is 12.8. The summed E-state index contributed by atoms with van der Waals surface area (Å²) in [5, 5.41) is 0. The number of nitrogens with zero attached hydrogens (tertiary/aromatic N) is 3. The van der Waals surface area contributed by atoms with Crippen LogP contribution in [0.1, 0.15) is 12.1 Å². The van der Waals surface area contributed by atoms with E-state index in [1.165, 1.54) is 17.0 Å². The van der Waals surface area contributed by atoms with Gasteiger partial charge >= 0.3 is 0 Å². The fourth-order valence-corrected chi connectivity index (χ4v) is 3.73. The van der Waals surface area contributed by atoms with Gasteiger partial charge in [0, 0.05) is 38.2 Å². The summed E-state index contributed by atoms with van der Waals surface area (Å²) in [7, 11) is -1.66. The van der Waals surface area contributed by atoms with Crippen LogP contribution in [0.4, 0.5) is 5.69 Å². The van der Waals surface area contributed by atoms with Gasteiger partial charge in [0.15, 0.2) is 9.84 Å². The van der Waals surface area contributed by atoms with Gasteiger partial charge in [-0.15, -0.1) is 0 Å². The molecule has 1 saturated heterocycles. The lowest BCUT2D eigenvalue weighted by molar-refractivity contribution is -0.128. The number of anilines is 1. The quantitative estimate of drug-likeness (QED) is 0.776. The molecule has 1 unspecified atom stereocenters. The van der Waals surface area contributed by atoms with E-state index in [0.717, 1.165) is 11.9 Å². The van der Waals surface area contributed by atoms with E-state index in [9.17, 15) is 18.0 Å². The second-order valence-corrected chi connectivity index (χ2v) is 8.68. The molecule has 2 aromatic rings. The highest BCUT2D eigenvalue weighted by Crippen LogP contribution is 2.24. The Morgan fingerprint density at radius 3 is 2.52 bits per heavy atom. The first-order valence-electron chi connectivity index (χ1n) is 8.51. The van der Waals surface area contributed by atoms with Crippen LogP contribution in [0.5, 0.6) is 0 Å². The topological polar surface area (TPSA) is 87.7 Å². The molecule has 3 rings (SSSR count). The molecule has 0 radical (unpaired) electrons. The van der Waals surface area contributed by atoms with Crippen LogP contribution >= 0.6 is 0 Å². The minimum Gasteiger partial charge on any atom is -0.336 e. The maximum atomic E-state index is 12.8. The first-order chi connectivity index (χ1) is 12.8. The summed E-state index contributed by atoms with van der Waals surface area (Å²) in [6.45, 7) is 0.732. The van der Waals surface area contributed by atoms with Gasteiger partial charge in [0.05, 0.1) is 23.1 Å². The molecule has 2 heterocycles. The minimum absolute atomic E-state index is 0.0696. The van der Waals surface area contributed by atoms with E-state index in [2.05, 4.69) is 4.98 Å². The molecule has 1 aliphatic rings. The number of hydrogen-bond donors (Lipinski definition) is 0. The number of rotatable bonds is 5. The van der Waals surface area contributed by atoms with Crippen LogP contribution < -0.4 is 4.90 Å². The zero-order valence-corrected chi connectivity index (χ0v) is 16.0. The van der Waals surface area contributed by atoms with E-state index in [1.54, 1.807) is 30.3 Å². The molecule has 0 bridgehead atoms. The van der Waals surface area contributed by atoms with Crippen molar-refractivity contribution in [1.29, 1.82) is 0 Å². The van der Waals surface area contributed by atoms with Crippen molar-refractivity contribution in [2.75, 3.05) is 24.7 Å². The predicted molar refractivity (Wildman–Crippen MR) is 101 cm³/mol. The summed E-state index contributed by atoms with van der Waals surface area (Å²) >= 11 is 0. The van der Waals surface area contributed by atoms with Crippen molar-refractivity contribution in [3.8, 4) is 0 Å². The van der Waals surface area contributed by atoms with Gasteiger partial charge in [-0.2, -0.15) is 0 Å². The number of hydrogen-bond acceptors (Lipinski definition) is 5. The van der Waals surface area contributed by atoms with Crippen LogP contribution in [0.2, 0.25) is 0 Å². The molecule has 0 N–H and O–H groups in total. The lowest BCUT2D eigenvalue weighted by Crippen LogP contribution is -2.34. The van der Waals surface area contributed by atoms with Gasteiger partial charge in [0.1, 0.15) is 0 Å². The Labute approximate surface area is 158 Å². The Hall–Kier alpha value is -2.74. The van der Waals surface area contributed by atoms with Crippen LogP contribution in [0.25, 0.3) is 0 Å². The largest absolute Gasteiger partial charge is 0.336 e. The van der Waals surface area contributed by atoms with Gasteiger partial charge in [0.25, 0.3) is 0 Å². The molecule has 142 valence electrons. The summed E-state index contributed by atoms with van der Waals surface area (Å²) < 4.78 is 23.1. The molecule has 0 saturated carbocycles. The molecule has 1 aromatic carbocycles. The molecular weight excluding hydrogens is 366 g/mol. The average molecular weight is 387 g/mol. The summed E-state index contributed by atoms with van der Waals surface area (Å²) in [6.07, 6.45) is 2.97. The van der Waals surface area contributed by atoms with Crippen LogP contribution in [0.3, 0.4) is 0 Å². The van der Waals surface area contributed by atoms with Crippen molar-refractivity contribution in [2.24, 2.45) is 5.92 Å². The van der Waals surface area contributed by atoms with Gasteiger partial charge in [-0.3, -0.25) is 14.6 Å². The van der Waals surface area contributed by atoms with Crippen molar-refractivity contribution in [1.82, 2.24) is 9.88 Å². The predicted octanol–water partition coefficient (Wildman–Crippen LogP) is 1.50. The van der Waals surface area contributed by atoms with Gasteiger partial charge in [0.2, 0.25) is 11.8 Å². The number of pyridine rings is 1. The fourth-order valence-electron chi connectivity index (χ4n) is 3.10. The molecule has 1 aliphatic heterocycles. The number of likely N-dealkylation sites (tertiary alicyclic amines) is 1. The van der Waals surface area contributed by atoms with Crippen LogP contribution in [0, 0.1) is 5.92 Å². The Morgan fingerprint density at radius 2 is 1.93 bits per heavy atom. The molecular formula is C19H21N3O4S. The standard InChI is InChI=1S/C19H21N3O4S/c1-21(16-6-8-17(9-7-16)27(2,25)26)19(24)14-11-18(23)22(12-14)13-15-5-3-4-10-20-15/h3-10,14H,11-13H2,1-2H3. The van der Waals surface area contributed by atoms with Crippen molar-refractivity contribution in [2.45, 2.75) is 17.9 Å². The third kappa shape index (κ3) is 4.33. The highest BCUT2D eigenvalue weighted by Gasteiger charge is 2.36. The molecule has 1 aromatic heterocycles. The summed E-state index contributed by atoms with van der Waals surface area (Å²) in [5.74, 6) is -0.667. The third-order valence-electron chi connectivity index (χ3n) is 4.63. The first kappa shape index (κ1) is 19.0. The van der Waals surface area contributed by atoms with Crippen molar-refractivity contribution in [3.63, 3.8) is 0 Å². The number of sulfone groups is 1. The molecule has 0 spiro atoms. The van der Waals surface area contributed by atoms with Crippen molar-refractivity contribution in [3.05, 3.63) is 54.4 Å². The van der Waals surface area contributed by atoms with E-state index < -0.39 is 15.8 Å². The Bertz CT molecular complexity index is 943. The number of amides is 2. The van der Waals surface area contributed by atoms with E-state index in [-0.39, 0.29) is 23.1 Å². The molecule has 7 nitrogen and oxygen atoms in total. The summed E-state index contributed by atoms with van der Waals surface area (Å²) in [4.78, 5) is 32.6. The average Bonchev–Trinajstić information content (AvgIpc) is 3.01. The second kappa shape index (κ2) is 7.48. The van der Waals surface area contributed by atoms with Gasteiger partial charge in [-0.1, -0.05) is 6.07 Å². The van der Waals surface area contributed by atoms with E-state index in [0.29, 0.717) is 18.8 Å². The minimum atomic E-state index is -3.29. The molecule has 8 heteroatoms. The number of carbonyl (C=O) groups is 2. The highest BCUT2D eigenvalue weighted by atomic mass is 32.2. The SMILES string of the molecule is CN(C(=O)C1CC(=O)N(Cc2ccccn2)C1)c1ccc(S(C)(=O)=O)cc1.